The first-order chi connectivity index (χ1) is 12.0. The van der Waals surface area contributed by atoms with E-state index in [1.54, 1.807) is 7.11 Å². The maximum atomic E-state index is 6.25. The molecule has 3 fully saturated rings. The Kier molecular flexibility index (Phi) is 3.18. The fourth-order valence-electron chi connectivity index (χ4n) is 5.14. The third-order valence-electron chi connectivity index (χ3n) is 6.01. The van der Waals surface area contributed by atoms with Crippen molar-refractivity contribution in [3.8, 4) is 0 Å². The maximum absolute atomic E-state index is 6.25. The molecular formula is C19H23NO5. The van der Waals surface area contributed by atoms with E-state index >= 15 is 0 Å². The second kappa shape index (κ2) is 5.04. The molecule has 0 N–H and O–H groups in total. The number of rotatable bonds is 2. The van der Waals surface area contributed by atoms with Gasteiger partial charge in [-0.3, -0.25) is 0 Å². The van der Waals surface area contributed by atoms with E-state index in [2.05, 4.69) is 38.1 Å². The lowest BCUT2D eigenvalue weighted by atomic mass is 9.74. The number of hydrogen-bond acceptors (Lipinski definition) is 6. The molecule has 4 atom stereocenters. The molecule has 0 radical (unpaired) electrons. The first-order valence-electron chi connectivity index (χ1n) is 8.83. The molecule has 5 rings (SSSR count). The van der Waals surface area contributed by atoms with Gasteiger partial charge in [-0.05, 0) is 31.9 Å². The largest absolute Gasteiger partial charge is 0.361 e. The molecule has 1 spiro atoms. The van der Waals surface area contributed by atoms with E-state index in [1.165, 1.54) is 16.7 Å². The Hall–Kier alpha value is -1.47. The number of hydrogen-bond donors (Lipinski definition) is 0. The first-order valence-corrected chi connectivity index (χ1v) is 8.83. The second-order valence-electron chi connectivity index (χ2n) is 7.50. The predicted octanol–water partition coefficient (Wildman–Crippen LogP) is 2.22. The molecule has 0 unspecified atom stereocenters. The fraction of sp³-hybridized carbons (Fsp3) is 0.632. The lowest BCUT2D eigenvalue weighted by Gasteiger charge is -2.39. The average Bonchev–Trinajstić information content (AvgIpc) is 3.30. The second-order valence-corrected chi connectivity index (χ2v) is 7.50. The maximum Gasteiger partial charge on any atom is 0.274 e. The highest BCUT2D eigenvalue weighted by Crippen LogP contribution is 2.59. The molecule has 3 saturated heterocycles. The summed E-state index contributed by atoms with van der Waals surface area (Å²) in [7, 11) is 1.66. The molecule has 1 aromatic rings. The highest BCUT2D eigenvalue weighted by molar-refractivity contribution is 6.06. The van der Waals surface area contributed by atoms with Gasteiger partial charge in [0.25, 0.3) is 5.79 Å². The van der Waals surface area contributed by atoms with Gasteiger partial charge in [0.1, 0.15) is 23.8 Å². The molecule has 0 saturated carbocycles. The van der Waals surface area contributed by atoms with Crippen molar-refractivity contribution in [1.82, 2.24) is 0 Å². The van der Waals surface area contributed by atoms with Crippen LogP contribution in [0.25, 0.3) is 0 Å². The van der Waals surface area contributed by atoms with Gasteiger partial charge in [-0.1, -0.05) is 22.9 Å². The number of ether oxygens (including phenoxy) is 4. The summed E-state index contributed by atoms with van der Waals surface area (Å²) in [5.41, 5.74) is 5.58. The minimum absolute atomic E-state index is 0.172. The van der Waals surface area contributed by atoms with Crippen LogP contribution < -0.4 is 0 Å². The van der Waals surface area contributed by atoms with E-state index in [1.807, 2.05) is 0 Å². The van der Waals surface area contributed by atoms with Crippen LogP contribution in [0.4, 0.5) is 0 Å². The van der Waals surface area contributed by atoms with Crippen LogP contribution in [0.3, 0.4) is 0 Å². The van der Waals surface area contributed by atoms with Crippen molar-refractivity contribution in [2.75, 3.05) is 20.3 Å². The minimum atomic E-state index is -0.885. The van der Waals surface area contributed by atoms with Crippen LogP contribution in [0.2, 0.25) is 0 Å². The number of nitrogens with zero attached hydrogens (tertiary/aromatic N) is 1. The molecular weight excluding hydrogens is 322 g/mol. The normalized spacial score (nSPS) is 37.4. The molecule has 6 nitrogen and oxygen atoms in total. The quantitative estimate of drug-likeness (QED) is 0.823. The number of aryl methyl sites for hydroxylation is 3. The zero-order valence-corrected chi connectivity index (χ0v) is 15.0. The molecule has 2 bridgehead atoms. The predicted molar refractivity (Wildman–Crippen MR) is 89.4 cm³/mol. The molecule has 4 aliphatic heterocycles. The van der Waals surface area contributed by atoms with Crippen LogP contribution in [0.15, 0.2) is 17.3 Å². The van der Waals surface area contributed by atoms with Gasteiger partial charge in [0, 0.05) is 19.1 Å². The third-order valence-corrected chi connectivity index (χ3v) is 6.01. The summed E-state index contributed by atoms with van der Waals surface area (Å²) >= 11 is 0. The van der Waals surface area contributed by atoms with Crippen LogP contribution in [0, 0.1) is 26.7 Å². The summed E-state index contributed by atoms with van der Waals surface area (Å²) in [5, 5.41) is 4.48. The van der Waals surface area contributed by atoms with Crippen molar-refractivity contribution < 1.29 is 23.8 Å². The molecule has 0 aromatic heterocycles. The Morgan fingerprint density at radius 3 is 2.44 bits per heavy atom. The molecule has 1 aromatic carbocycles. The Bertz CT molecular complexity index is 746. The molecule has 4 aliphatic rings. The van der Waals surface area contributed by atoms with E-state index in [4.69, 9.17) is 23.8 Å². The standard InChI is InChI=1S/C19H23NO5/c1-10-7-11(2)14(12(3)8-10)16-15-17-18(22-5-6-23-18)9-13(24-17)19(15,21-4)25-20-16/h7-8,13,15,17H,5-6,9H2,1-4H3/t13-,15-,17-,19+/m1/s1. The summed E-state index contributed by atoms with van der Waals surface area (Å²) in [4.78, 5) is 5.89. The Morgan fingerprint density at radius 2 is 1.80 bits per heavy atom. The number of methoxy groups -OCH3 is 1. The van der Waals surface area contributed by atoms with Crippen molar-refractivity contribution in [3.63, 3.8) is 0 Å². The fourth-order valence-corrected chi connectivity index (χ4v) is 5.14. The summed E-state index contributed by atoms with van der Waals surface area (Å²) in [5.74, 6) is -1.75. The van der Waals surface area contributed by atoms with Crippen molar-refractivity contribution in [2.45, 2.75) is 51.0 Å². The highest BCUT2D eigenvalue weighted by atomic mass is 16.8. The molecule has 0 amide bonds. The van der Waals surface area contributed by atoms with Crippen molar-refractivity contribution in [1.29, 1.82) is 0 Å². The van der Waals surface area contributed by atoms with Crippen LogP contribution in [0.1, 0.15) is 28.7 Å². The Morgan fingerprint density at radius 1 is 1.12 bits per heavy atom. The van der Waals surface area contributed by atoms with Gasteiger partial charge in [0.2, 0.25) is 0 Å². The van der Waals surface area contributed by atoms with Gasteiger partial charge in [-0.25, -0.2) is 0 Å². The SMILES string of the molecule is CO[C@@]12ON=C(c3c(C)cc(C)cc3C)[C@@H]1[C@H]1O[C@@H]2CC12OCCO2. The lowest BCUT2D eigenvalue weighted by molar-refractivity contribution is -0.270. The Balaban J connectivity index is 1.62. The number of fused-ring (bicyclic) bond motifs is 6. The molecule has 25 heavy (non-hydrogen) atoms. The first kappa shape index (κ1) is 15.8. The summed E-state index contributed by atoms with van der Waals surface area (Å²) in [6.45, 7) is 7.50. The van der Waals surface area contributed by atoms with E-state index in [0.717, 1.165) is 11.3 Å². The average molecular weight is 345 g/mol. The van der Waals surface area contributed by atoms with Crippen molar-refractivity contribution in [2.24, 2.45) is 11.1 Å². The van der Waals surface area contributed by atoms with E-state index in [0.29, 0.717) is 19.6 Å². The molecule has 6 heteroatoms. The van der Waals surface area contributed by atoms with Crippen LogP contribution in [0.5, 0.6) is 0 Å². The van der Waals surface area contributed by atoms with E-state index in [9.17, 15) is 0 Å². The zero-order valence-electron chi connectivity index (χ0n) is 15.0. The highest BCUT2D eigenvalue weighted by Gasteiger charge is 2.77. The van der Waals surface area contributed by atoms with Gasteiger partial charge in [-0.2, -0.15) is 0 Å². The van der Waals surface area contributed by atoms with E-state index in [-0.39, 0.29) is 18.1 Å². The smallest absolute Gasteiger partial charge is 0.274 e. The molecule has 4 heterocycles. The van der Waals surface area contributed by atoms with E-state index < -0.39 is 11.6 Å². The molecule has 134 valence electrons. The lowest BCUT2D eigenvalue weighted by Crippen LogP contribution is -2.58. The van der Waals surface area contributed by atoms with Crippen LogP contribution in [-0.2, 0) is 23.8 Å². The zero-order chi connectivity index (χ0) is 17.4. The topological polar surface area (TPSA) is 58.5 Å². The number of oxime groups is 1. The minimum Gasteiger partial charge on any atom is -0.361 e. The van der Waals surface area contributed by atoms with Gasteiger partial charge in [-0.15, -0.1) is 0 Å². The van der Waals surface area contributed by atoms with Crippen molar-refractivity contribution >= 4 is 5.71 Å². The van der Waals surface area contributed by atoms with Crippen LogP contribution >= 0.6 is 0 Å². The monoisotopic (exact) mass is 345 g/mol. The number of benzene rings is 1. The van der Waals surface area contributed by atoms with Gasteiger partial charge in [0.15, 0.2) is 5.79 Å². The summed E-state index contributed by atoms with van der Waals surface area (Å²) in [6, 6.07) is 4.34. The van der Waals surface area contributed by atoms with Gasteiger partial charge < -0.3 is 23.8 Å². The summed E-state index contributed by atoms with van der Waals surface area (Å²) in [6.07, 6.45) is 0.0793. The third kappa shape index (κ3) is 1.86. The molecule has 0 aliphatic carbocycles. The van der Waals surface area contributed by atoms with Gasteiger partial charge >= 0.3 is 0 Å². The van der Waals surface area contributed by atoms with Crippen LogP contribution in [-0.4, -0.2) is 49.8 Å². The van der Waals surface area contributed by atoms with Gasteiger partial charge in [0.05, 0.1) is 13.2 Å². The Labute approximate surface area is 147 Å². The summed E-state index contributed by atoms with van der Waals surface area (Å²) < 4.78 is 24.1. The van der Waals surface area contributed by atoms with Crippen molar-refractivity contribution in [3.05, 3.63) is 34.4 Å².